The minimum atomic E-state index is 0.341. The molecule has 0 bridgehead atoms. The lowest BCUT2D eigenvalue weighted by Crippen LogP contribution is -1.84. The lowest BCUT2D eigenvalue weighted by Gasteiger charge is -2.05. The van der Waals surface area contributed by atoms with E-state index in [1.54, 1.807) is 6.07 Å². The highest BCUT2D eigenvalue weighted by atomic mass is 16.3. The van der Waals surface area contributed by atoms with E-state index in [2.05, 4.69) is 6.58 Å². The molecule has 2 aromatic carbocycles. The van der Waals surface area contributed by atoms with E-state index in [1.807, 2.05) is 36.4 Å². The molecule has 0 spiro atoms. The van der Waals surface area contributed by atoms with Gasteiger partial charge in [0.05, 0.1) is 0 Å². The molecule has 0 atom stereocenters. The van der Waals surface area contributed by atoms with Gasteiger partial charge < -0.3 is 5.11 Å². The van der Waals surface area contributed by atoms with Gasteiger partial charge in [-0.25, -0.2) is 0 Å². The molecule has 0 aliphatic carbocycles. The van der Waals surface area contributed by atoms with E-state index in [4.69, 9.17) is 0 Å². The summed E-state index contributed by atoms with van der Waals surface area (Å²) in [5.41, 5.74) is 1.20. The molecule has 1 nitrogen and oxygen atoms in total. The summed E-state index contributed by atoms with van der Waals surface area (Å²) in [6, 6.07) is 11.5. The molecule has 0 unspecified atom stereocenters. The Hall–Kier alpha value is -1.76. The predicted octanol–water partition coefficient (Wildman–Crippen LogP) is 3.27. The Morgan fingerprint density at radius 1 is 1.07 bits per heavy atom. The van der Waals surface area contributed by atoms with Crippen LogP contribution in [0.5, 0.6) is 5.75 Å². The van der Waals surface area contributed by atoms with E-state index < -0.39 is 0 Å². The lowest BCUT2D eigenvalue weighted by molar-refractivity contribution is 0.481. The molecule has 0 aromatic heterocycles. The second-order valence-electron chi connectivity index (χ2n) is 3.28. The summed E-state index contributed by atoms with van der Waals surface area (Å²) < 4.78 is 0. The van der Waals surface area contributed by atoms with E-state index in [0.717, 1.165) is 17.2 Å². The first kappa shape index (κ1) is 8.82. The lowest BCUT2D eigenvalue weighted by atomic mass is 10.0. The third-order valence-electron chi connectivity index (χ3n) is 2.36. The smallest absolute Gasteiger partial charge is 0.123 e. The van der Waals surface area contributed by atoms with E-state index in [-0.39, 0.29) is 0 Å². The molecule has 0 heterocycles. The van der Waals surface area contributed by atoms with Gasteiger partial charge >= 0.3 is 0 Å². The van der Waals surface area contributed by atoms with E-state index in [1.165, 1.54) is 5.56 Å². The van der Waals surface area contributed by atoms with Crippen molar-refractivity contribution < 1.29 is 5.11 Å². The highest BCUT2D eigenvalue weighted by Gasteiger charge is 2.02. The zero-order valence-electron chi connectivity index (χ0n) is 7.90. The first-order valence-corrected chi connectivity index (χ1v) is 4.63. The van der Waals surface area contributed by atoms with Crippen molar-refractivity contribution in [1.29, 1.82) is 0 Å². The van der Waals surface area contributed by atoms with Gasteiger partial charge in [0.2, 0.25) is 0 Å². The number of aromatic hydroxyl groups is 1. The first-order valence-electron chi connectivity index (χ1n) is 4.63. The maximum absolute atomic E-state index is 9.64. The second-order valence-corrected chi connectivity index (χ2v) is 3.28. The Morgan fingerprint density at radius 3 is 2.50 bits per heavy atom. The van der Waals surface area contributed by atoms with Crippen molar-refractivity contribution in [1.82, 2.24) is 0 Å². The van der Waals surface area contributed by atoms with Gasteiger partial charge in [-0.2, -0.15) is 0 Å². The Labute approximate surface area is 83.3 Å². The number of benzene rings is 2. The summed E-state index contributed by atoms with van der Waals surface area (Å²) in [4.78, 5) is 0. The van der Waals surface area contributed by atoms with Gasteiger partial charge in [-0.3, -0.25) is 0 Å². The van der Waals surface area contributed by atoms with Crippen LogP contribution in [0.25, 0.3) is 10.8 Å². The Bertz CT molecular complexity index is 472. The van der Waals surface area contributed by atoms with Crippen molar-refractivity contribution in [2.45, 2.75) is 6.42 Å². The van der Waals surface area contributed by atoms with Crippen LogP contribution in [0.15, 0.2) is 49.1 Å². The summed E-state index contributed by atoms with van der Waals surface area (Å²) in [5.74, 6) is 0.341. The van der Waals surface area contributed by atoms with Crippen molar-refractivity contribution in [3.05, 3.63) is 54.6 Å². The van der Waals surface area contributed by atoms with Crippen LogP contribution in [0.4, 0.5) is 0 Å². The third kappa shape index (κ3) is 1.37. The van der Waals surface area contributed by atoms with Crippen LogP contribution in [0.2, 0.25) is 0 Å². The summed E-state index contributed by atoms with van der Waals surface area (Å²) in [6.07, 6.45) is 2.71. The third-order valence-corrected chi connectivity index (χ3v) is 2.36. The molecule has 0 aliphatic rings. The van der Waals surface area contributed by atoms with Crippen molar-refractivity contribution in [2.24, 2.45) is 0 Å². The molecule has 1 heteroatoms. The van der Waals surface area contributed by atoms with Gasteiger partial charge in [0.1, 0.15) is 5.75 Å². The molecule has 14 heavy (non-hydrogen) atoms. The quantitative estimate of drug-likeness (QED) is 0.710. The minimum Gasteiger partial charge on any atom is -0.507 e. The molecule has 0 aliphatic heterocycles. The average Bonchev–Trinajstić information content (AvgIpc) is 2.23. The van der Waals surface area contributed by atoms with Crippen LogP contribution < -0.4 is 0 Å². The SMILES string of the molecule is C=CCc1ccc(O)c2ccccc12. The topological polar surface area (TPSA) is 20.2 Å². The van der Waals surface area contributed by atoms with Crippen LogP contribution in [0.1, 0.15) is 5.56 Å². The van der Waals surface area contributed by atoms with Gasteiger partial charge in [-0.05, 0) is 23.4 Å². The molecule has 70 valence electrons. The summed E-state index contributed by atoms with van der Waals surface area (Å²) >= 11 is 0. The van der Waals surface area contributed by atoms with Crippen molar-refractivity contribution in [3.8, 4) is 5.75 Å². The zero-order valence-corrected chi connectivity index (χ0v) is 7.90. The fourth-order valence-corrected chi connectivity index (χ4v) is 1.68. The van der Waals surface area contributed by atoms with Gasteiger partial charge in [0, 0.05) is 5.39 Å². The van der Waals surface area contributed by atoms with Crippen LogP contribution in [0, 0.1) is 0 Å². The molecule has 1 N–H and O–H groups in total. The number of phenols is 1. The first-order chi connectivity index (χ1) is 6.83. The molecule has 2 aromatic rings. The highest BCUT2D eigenvalue weighted by Crippen LogP contribution is 2.27. The van der Waals surface area contributed by atoms with E-state index >= 15 is 0 Å². The summed E-state index contributed by atoms with van der Waals surface area (Å²) in [6.45, 7) is 3.72. The second kappa shape index (κ2) is 3.54. The molecule has 0 amide bonds. The highest BCUT2D eigenvalue weighted by molar-refractivity contribution is 5.90. The maximum Gasteiger partial charge on any atom is 0.123 e. The summed E-state index contributed by atoms with van der Waals surface area (Å²) in [5, 5.41) is 11.7. The van der Waals surface area contributed by atoms with Gasteiger partial charge in [0.25, 0.3) is 0 Å². The van der Waals surface area contributed by atoms with Crippen LogP contribution in [-0.4, -0.2) is 5.11 Å². The van der Waals surface area contributed by atoms with E-state index in [0.29, 0.717) is 5.75 Å². The number of allylic oxidation sites excluding steroid dienone is 1. The largest absolute Gasteiger partial charge is 0.507 e. The van der Waals surface area contributed by atoms with Crippen LogP contribution in [-0.2, 0) is 6.42 Å². The van der Waals surface area contributed by atoms with Gasteiger partial charge in [0.15, 0.2) is 0 Å². The molecule has 2 rings (SSSR count). The van der Waals surface area contributed by atoms with Crippen molar-refractivity contribution in [3.63, 3.8) is 0 Å². The van der Waals surface area contributed by atoms with Crippen LogP contribution in [0.3, 0.4) is 0 Å². The van der Waals surface area contributed by atoms with Crippen LogP contribution >= 0.6 is 0 Å². The Balaban J connectivity index is 2.74. The fourth-order valence-electron chi connectivity index (χ4n) is 1.68. The Kier molecular flexibility index (Phi) is 2.23. The molecule has 0 saturated heterocycles. The molecule has 0 saturated carbocycles. The number of fused-ring (bicyclic) bond motifs is 1. The van der Waals surface area contributed by atoms with Gasteiger partial charge in [-0.15, -0.1) is 6.58 Å². The van der Waals surface area contributed by atoms with E-state index in [9.17, 15) is 5.11 Å². The van der Waals surface area contributed by atoms with Crippen molar-refractivity contribution in [2.75, 3.05) is 0 Å². The monoisotopic (exact) mass is 184 g/mol. The number of phenolic OH excluding ortho intramolecular Hbond substituents is 1. The van der Waals surface area contributed by atoms with Gasteiger partial charge in [-0.1, -0.05) is 36.4 Å². The molecular formula is C13H12O. The van der Waals surface area contributed by atoms with Crippen molar-refractivity contribution >= 4 is 10.8 Å². The molecule has 0 fully saturated rings. The fraction of sp³-hybridized carbons (Fsp3) is 0.0769. The minimum absolute atomic E-state index is 0.341. The number of rotatable bonds is 2. The summed E-state index contributed by atoms with van der Waals surface area (Å²) in [7, 11) is 0. The zero-order chi connectivity index (χ0) is 9.97. The molecular weight excluding hydrogens is 172 g/mol. The number of hydrogen-bond donors (Lipinski definition) is 1. The predicted molar refractivity (Wildman–Crippen MR) is 59.5 cm³/mol. The molecule has 0 radical (unpaired) electrons. The maximum atomic E-state index is 9.64. The normalized spacial score (nSPS) is 10.3. The standard InChI is InChI=1S/C13H12O/c1-2-5-10-8-9-13(14)12-7-4-3-6-11(10)12/h2-4,6-9,14H,1,5H2. The average molecular weight is 184 g/mol. The Morgan fingerprint density at radius 2 is 1.79 bits per heavy atom. The number of hydrogen-bond acceptors (Lipinski definition) is 1.